The van der Waals surface area contributed by atoms with E-state index in [-0.39, 0.29) is 18.1 Å². The van der Waals surface area contributed by atoms with Gasteiger partial charge in [-0.2, -0.15) is 0 Å². The Morgan fingerprint density at radius 1 is 1.43 bits per heavy atom. The van der Waals surface area contributed by atoms with Gasteiger partial charge in [-0.1, -0.05) is 0 Å². The monoisotopic (exact) mass is 202 g/mol. The summed E-state index contributed by atoms with van der Waals surface area (Å²) in [6.45, 7) is 1.82. The second-order valence-corrected chi connectivity index (χ2v) is 2.25. The molecule has 0 fully saturated rings. The van der Waals surface area contributed by atoms with E-state index in [0.717, 1.165) is 0 Å². The van der Waals surface area contributed by atoms with Crippen LogP contribution in [0.2, 0.25) is 0 Å². The van der Waals surface area contributed by atoms with Crippen molar-refractivity contribution in [3.05, 3.63) is 11.5 Å². The average molecular weight is 202 g/mol. The summed E-state index contributed by atoms with van der Waals surface area (Å²) in [5, 5.41) is 2.28. The van der Waals surface area contributed by atoms with Crippen molar-refractivity contribution < 1.29 is 19.1 Å². The van der Waals surface area contributed by atoms with Crippen LogP contribution in [0, 0.1) is 0 Å². The third kappa shape index (κ3) is 2.96. The number of methoxy groups -OCH3 is 1. The van der Waals surface area contributed by atoms with E-state index < -0.39 is 11.9 Å². The summed E-state index contributed by atoms with van der Waals surface area (Å²) in [5.74, 6) is -1.59. The van der Waals surface area contributed by atoms with Crippen LogP contribution in [0.25, 0.3) is 0 Å². The van der Waals surface area contributed by atoms with Gasteiger partial charge in [0, 0.05) is 7.05 Å². The number of nitrogens with two attached hydrogens (primary N) is 1. The molecule has 0 saturated carbocycles. The van der Waals surface area contributed by atoms with Gasteiger partial charge in [0.1, 0.15) is 0 Å². The summed E-state index contributed by atoms with van der Waals surface area (Å²) in [6.07, 6.45) is 0. The number of likely N-dealkylation sites (N-methyl/N-ethyl adjacent to an activating group) is 1. The van der Waals surface area contributed by atoms with Crippen LogP contribution in [0.1, 0.15) is 6.92 Å². The highest BCUT2D eigenvalue weighted by molar-refractivity contribution is 6.00. The number of amides is 1. The molecule has 0 radical (unpaired) electrons. The highest BCUT2D eigenvalue weighted by atomic mass is 16.5. The van der Waals surface area contributed by atoms with Crippen molar-refractivity contribution in [3.8, 4) is 0 Å². The molecule has 0 aromatic carbocycles. The maximum absolute atomic E-state index is 11.1. The molecule has 0 aromatic heterocycles. The highest BCUT2D eigenvalue weighted by Crippen LogP contribution is 2.02. The number of nitrogens with one attached hydrogen (secondary N) is 1. The molecular weight excluding hydrogens is 188 g/mol. The first kappa shape index (κ1) is 12.3. The SMILES string of the molecule is CCOC(=O)/C(N)=C(\OC)C(=O)NC. The molecule has 0 spiro atoms. The minimum atomic E-state index is -0.770. The molecule has 1 amide bonds. The van der Waals surface area contributed by atoms with Gasteiger partial charge in [0.15, 0.2) is 5.70 Å². The molecule has 0 aromatic rings. The van der Waals surface area contributed by atoms with Crippen molar-refractivity contribution in [3.63, 3.8) is 0 Å². The molecule has 80 valence electrons. The van der Waals surface area contributed by atoms with Crippen molar-refractivity contribution in [2.75, 3.05) is 20.8 Å². The minimum absolute atomic E-state index is 0.185. The van der Waals surface area contributed by atoms with Crippen molar-refractivity contribution in [2.45, 2.75) is 6.92 Å². The standard InChI is InChI=1S/C8H14N2O4/c1-4-14-8(12)5(9)6(13-3)7(11)10-2/h4,9H2,1-3H3,(H,10,11)/b6-5+. The molecule has 0 heterocycles. The van der Waals surface area contributed by atoms with Crippen LogP contribution in [0.4, 0.5) is 0 Å². The first-order valence-corrected chi connectivity index (χ1v) is 4.01. The lowest BCUT2D eigenvalue weighted by Gasteiger charge is -2.08. The lowest BCUT2D eigenvalue weighted by atomic mass is 10.3. The fourth-order valence-corrected chi connectivity index (χ4v) is 0.740. The maximum atomic E-state index is 11.1. The summed E-state index contributed by atoms with van der Waals surface area (Å²) in [4.78, 5) is 22.2. The van der Waals surface area contributed by atoms with Crippen molar-refractivity contribution in [1.82, 2.24) is 5.32 Å². The predicted octanol–water partition coefficient (Wildman–Crippen LogP) is -0.888. The van der Waals surface area contributed by atoms with E-state index in [0.29, 0.717) is 0 Å². The summed E-state index contributed by atoms with van der Waals surface area (Å²) in [6, 6.07) is 0. The first-order chi connectivity index (χ1) is 6.58. The fraction of sp³-hybridized carbons (Fsp3) is 0.500. The molecule has 0 aliphatic rings. The summed E-state index contributed by atoms with van der Waals surface area (Å²) < 4.78 is 9.27. The topological polar surface area (TPSA) is 90.7 Å². The Balaban J connectivity index is 4.82. The van der Waals surface area contributed by atoms with Crippen LogP contribution in [0.15, 0.2) is 11.5 Å². The molecule has 14 heavy (non-hydrogen) atoms. The Kier molecular flexibility index (Phi) is 5.13. The number of rotatable bonds is 4. The smallest absolute Gasteiger partial charge is 0.358 e. The minimum Gasteiger partial charge on any atom is -0.489 e. The van der Waals surface area contributed by atoms with Gasteiger partial charge in [0.25, 0.3) is 5.91 Å². The number of ether oxygens (including phenoxy) is 2. The van der Waals surface area contributed by atoms with Crippen molar-refractivity contribution in [2.24, 2.45) is 5.73 Å². The molecule has 0 rings (SSSR count). The number of carbonyl (C=O) groups is 2. The maximum Gasteiger partial charge on any atom is 0.358 e. The van der Waals surface area contributed by atoms with Crippen LogP contribution in [-0.4, -0.2) is 32.6 Å². The third-order valence-corrected chi connectivity index (χ3v) is 1.38. The van der Waals surface area contributed by atoms with Gasteiger partial charge in [-0.05, 0) is 6.92 Å². The fourth-order valence-electron chi connectivity index (χ4n) is 0.740. The number of esters is 1. The molecule has 0 saturated heterocycles. The van der Waals surface area contributed by atoms with E-state index in [1.807, 2.05) is 0 Å². The lowest BCUT2D eigenvalue weighted by Crippen LogP contribution is -2.27. The molecule has 0 atom stereocenters. The molecule has 6 heteroatoms. The predicted molar refractivity (Wildman–Crippen MR) is 48.9 cm³/mol. The summed E-state index contributed by atoms with van der Waals surface area (Å²) in [7, 11) is 2.65. The summed E-state index contributed by atoms with van der Waals surface area (Å²) >= 11 is 0. The van der Waals surface area contributed by atoms with Gasteiger partial charge in [-0.15, -0.1) is 0 Å². The van der Waals surface area contributed by atoms with Gasteiger partial charge < -0.3 is 20.5 Å². The second-order valence-electron chi connectivity index (χ2n) is 2.25. The number of hydrogen-bond donors (Lipinski definition) is 2. The van der Waals surface area contributed by atoms with Crippen LogP contribution < -0.4 is 11.1 Å². The molecule has 6 nitrogen and oxygen atoms in total. The Morgan fingerprint density at radius 2 is 2.00 bits per heavy atom. The quantitative estimate of drug-likeness (QED) is 0.350. The summed E-state index contributed by atoms with van der Waals surface area (Å²) in [5.41, 5.74) is 5.01. The average Bonchev–Trinajstić information content (AvgIpc) is 2.18. The number of hydrogen-bond acceptors (Lipinski definition) is 5. The Morgan fingerprint density at radius 3 is 2.36 bits per heavy atom. The highest BCUT2D eigenvalue weighted by Gasteiger charge is 2.19. The zero-order chi connectivity index (χ0) is 11.1. The van der Waals surface area contributed by atoms with E-state index in [9.17, 15) is 9.59 Å². The van der Waals surface area contributed by atoms with Gasteiger partial charge in [-0.25, -0.2) is 4.79 Å². The Bertz CT molecular complexity index is 260. The molecule has 0 bridgehead atoms. The van der Waals surface area contributed by atoms with E-state index in [1.54, 1.807) is 6.92 Å². The Labute approximate surface area is 82.0 Å². The second kappa shape index (κ2) is 5.85. The van der Waals surface area contributed by atoms with E-state index in [2.05, 4.69) is 14.8 Å². The van der Waals surface area contributed by atoms with Crippen molar-refractivity contribution >= 4 is 11.9 Å². The lowest BCUT2D eigenvalue weighted by molar-refractivity contribution is -0.139. The van der Waals surface area contributed by atoms with Crippen LogP contribution in [0.5, 0.6) is 0 Å². The van der Waals surface area contributed by atoms with E-state index in [1.165, 1.54) is 14.2 Å². The number of carbonyl (C=O) groups excluding carboxylic acids is 2. The zero-order valence-corrected chi connectivity index (χ0v) is 8.42. The first-order valence-electron chi connectivity index (χ1n) is 4.01. The van der Waals surface area contributed by atoms with Gasteiger partial charge in [0.05, 0.1) is 13.7 Å². The van der Waals surface area contributed by atoms with Gasteiger partial charge in [0.2, 0.25) is 5.76 Å². The third-order valence-electron chi connectivity index (χ3n) is 1.38. The zero-order valence-electron chi connectivity index (χ0n) is 8.42. The largest absolute Gasteiger partial charge is 0.489 e. The Hall–Kier alpha value is -1.72. The normalized spacial score (nSPS) is 11.4. The van der Waals surface area contributed by atoms with Crippen LogP contribution in [0.3, 0.4) is 0 Å². The van der Waals surface area contributed by atoms with Gasteiger partial charge >= 0.3 is 5.97 Å². The van der Waals surface area contributed by atoms with Gasteiger partial charge in [-0.3, -0.25) is 4.79 Å². The van der Waals surface area contributed by atoms with Crippen LogP contribution in [-0.2, 0) is 19.1 Å². The molecular formula is C8H14N2O4. The molecule has 0 aliphatic heterocycles. The van der Waals surface area contributed by atoms with E-state index >= 15 is 0 Å². The molecule has 3 N–H and O–H groups in total. The van der Waals surface area contributed by atoms with Crippen molar-refractivity contribution in [1.29, 1.82) is 0 Å². The molecule has 0 unspecified atom stereocenters. The van der Waals surface area contributed by atoms with E-state index in [4.69, 9.17) is 5.73 Å². The van der Waals surface area contributed by atoms with Crippen LogP contribution >= 0.6 is 0 Å². The molecule has 0 aliphatic carbocycles.